The Hall–Kier alpha value is -1.57. The molecular weight excluding hydrogens is 357 g/mol. The molecule has 0 amide bonds. The van der Waals surface area contributed by atoms with Crippen LogP contribution in [0, 0.1) is 10.5 Å². The fraction of sp³-hybridized carbons (Fsp3) is 0.231. The molecule has 0 fully saturated rings. The largest absolute Gasteiger partial charge is 0.493 e. The van der Waals surface area contributed by atoms with Gasteiger partial charge >= 0.3 is 0 Å². The van der Waals surface area contributed by atoms with E-state index in [2.05, 4.69) is 32.6 Å². The maximum atomic E-state index is 5.87. The van der Waals surface area contributed by atoms with Gasteiger partial charge in [0.25, 0.3) is 0 Å². The summed E-state index contributed by atoms with van der Waals surface area (Å²) < 4.78 is 11.3. The first kappa shape index (κ1) is 13.9. The molecule has 19 heavy (non-hydrogen) atoms. The number of nitrogens with two attached hydrogens (primary N) is 1. The van der Waals surface area contributed by atoms with Crippen LogP contribution < -0.4 is 15.2 Å². The summed E-state index contributed by atoms with van der Waals surface area (Å²) in [4.78, 5) is 8.74. The topological polar surface area (TPSA) is 70.3 Å². The van der Waals surface area contributed by atoms with Crippen molar-refractivity contribution < 1.29 is 9.47 Å². The van der Waals surface area contributed by atoms with Gasteiger partial charge < -0.3 is 15.2 Å². The number of ether oxygens (including phenoxy) is 2. The van der Waals surface area contributed by atoms with E-state index < -0.39 is 0 Å². The number of benzene rings is 1. The lowest BCUT2D eigenvalue weighted by atomic mass is 10.2. The molecule has 0 bridgehead atoms. The molecule has 0 unspecified atom stereocenters. The zero-order valence-corrected chi connectivity index (χ0v) is 13.1. The summed E-state index contributed by atoms with van der Waals surface area (Å²) in [6, 6.07) is 5.53. The van der Waals surface area contributed by atoms with E-state index >= 15 is 0 Å². The molecule has 2 aromatic rings. The highest BCUT2D eigenvalue weighted by Gasteiger charge is 2.11. The predicted molar refractivity (Wildman–Crippen MR) is 82.4 cm³/mol. The van der Waals surface area contributed by atoms with Gasteiger partial charge in [0.05, 0.1) is 23.5 Å². The van der Waals surface area contributed by atoms with Gasteiger partial charge in [-0.3, -0.25) is 0 Å². The summed E-state index contributed by atoms with van der Waals surface area (Å²) in [6.45, 7) is 1.91. The van der Waals surface area contributed by atoms with Gasteiger partial charge in [-0.25, -0.2) is 9.97 Å². The van der Waals surface area contributed by atoms with Gasteiger partial charge in [0, 0.05) is 5.56 Å². The Kier molecular flexibility index (Phi) is 4.08. The highest BCUT2D eigenvalue weighted by atomic mass is 127. The molecule has 1 heterocycles. The normalized spacial score (nSPS) is 10.3. The van der Waals surface area contributed by atoms with Crippen molar-refractivity contribution in [1.82, 2.24) is 9.97 Å². The zero-order valence-electron chi connectivity index (χ0n) is 10.9. The molecule has 1 aromatic heterocycles. The highest BCUT2D eigenvalue weighted by molar-refractivity contribution is 14.1. The van der Waals surface area contributed by atoms with E-state index in [1.165, 1.54) is 0 Å². The Morgan fingerprint density at radius 2 is 1.79 bits per heavy atom. The van der Waals surface area contributed by atoms with Crippen LogP contribution in [0.1, 0.15) is 5.69 Å². The van der Waals surface area contributed by atoms with Gasteiger partial charge in [0.2, 0.25) is 0 Å². The van der Waals surface area contributed by atoms with E-state index in [0.29, 0.717) is 23.1 Å². The first-order valence-electron chi connectivity index (χ1n) is 5.58. The molecule has 0 atom stereocenters. The second-order valence-electron chi connectivity index (χ2n) is 3.90. The number of halogens is 1. The Morgan fingerprint density at radius 1 is 1.11 bits per heavy atom. The van der Waals surface area contributed by atoms with E-state index in [9.17, 15) is 0 Å². The van der Waals surface area contributed by atoms with E-state index in [1.807, 2.05) is 25.1 Å². The van der Waals surface area contributed by atoms with Crippen LogP contribution in [0.15, 0.2) is 18.2 Å². The molecule has 100 valence electrons. The van der Waals surface area contributed by atoms with Gasteiger partial charge in [-0.05, 0) is 47.7 Å². The third-order valence-corrected chi connectivity index (χ3v) is 4.02. The molecule has 0 aliphatic heterocycles. The molecule has 0 saturated carbocycles. The van der Waals surface area contributed by atoms with E-state index in [1.54, 1.807) is 14.2 Å². The lowest BCUT2D eigenvalue weighted by Crippen LogP contribution is -2.02. The molecule has 1 aromatic carbocycles. The molecule has 2 N–H and O–H groups in total. The number of hydrogen-bond acceptors (Lipinski definition) is 5. The number of nitrogen functional groups attached to an aromatic ring is 1. The maximum Gasteiger partial charge on any atom is 0.161 e. The second-order valence-corrected chi connectivity index (χ2v) is 4.98. The summed E-state index contributed by atoms with van der Waals surface area (Å²) in [5.41, 5.74) is 7.57. The van der Waals surface area contributed by atoms with Crippen LogP contribution in [0.2, 0.25) is 0 Å². The first-order valence-corrected chi connectivity index (χ1v) is 6.66. The Bertz CT molecular complexity index is 594. The van der Waals surface area contributed by atoms with Crippen LogP contribution in [0.5, 0.6) is 11.5 Å². The van der Waals surface area contributed by atoms with Gasteiger partial charge in [0.1, 0.15) is 5.82 Å². The molecule has 0 aliphatic rings. The molecule has 0 aliphatic carbocycles. The Morgan fingerprint density at radius 3 is 2.37 bits per heavy atom. The van der Waals surface area contributed by atoms with Gasteiger partial charge in [-0.15, -0.1) is 0 Å². The SMILES string of the molecule is COc1ccc(-c2nc(C)c(I)c(N)n2)cc1OC. The minimum atomic E-state index is 0.484. The number of hydrogen-bond donors (Lipinski definition) is 1. The standard InChI is InChI=1S/C13H14IN3O2/c1-7-11(14)12(15)17-13(16-7)8-4-5-9(18-2)10(6-8)19-3/h4-6H,1-3H3,(H2,15,16,17). The number of rotatable bonds is 3. The van der Waals surface area contributed by atoms with Crippen LogP contribution in [0.3, 0.4) is 0 Å². The van der Waals surface area contributed by atoms with Crippen molar-refractivity contribution in [2.24, 2.45) is 0 Å². The molecule has 5 nitrogen and oxygen atoms in total. The molecule has 6 heteroatoms. The van der Waals surface area contributed by atoms with Gasteiger partial charge in [-0.2, -0.15) is 0 Å². The van der Waals surface area contributed by atoms with E-state index in [-0.39, 0.29) is 0 Å². The van der Waals surface area contributed by atoms with Crippen molar-refractivity contribution in [3.05, 3.63) is 27.5 Å². The number of aryl methyl sites for hydroxylation is 1. The average molecular weight is 371 g/mol. The maximum absolute atomic E-state index is 5.87. The third kappa shape index (κ3) is 2.73. The Labute approximate surface area is 125 Å². The monoisotopic (exact) mass is 371 g/mol. The van der Waals surface area contributed by atoms with Crippen molar-refractivity contribution in [2.75, 3.05) is 20.0 Å². The summed E-state index contributed by atoms with van der Waals surface area (Å²) in [5, 5.41) is 0. The van der Waals surface area contributed by atoms with E-state index in [4.69, 9.17) is 15.2 Å². The molecular formula is C13H14IN3O2. The van der Waals surface area contributed by atoms with Crippen molar-refractivity contribution in [1.29, 1.82) is 0 Å². The van der Waals surface area contributed by atoms with Crippen LogP contribution >= 0.6 is 22.6 Å². The van der Waals surface area contributed by atoms with Gasteiger partial charge in [-0.1, -0.05) is 0 Å². The van der Waals surface area contributed by atoms with Crippen LogP contribution in [0.4, 0.5) is 5.82 Å². The number of anilines is 1. The van der Waals surface area contributed by atoms with Gasteiger partial charge in [0.15, 0.2) is 17.3 Å². The van der Waals surface area contributed by atoms with Crippen molar-refractivity contribution >= 4 is 28.4 Å². The summed E-state index contributed by atoms with van der Waals surface area (Å²) in [6.07, 6.45) is 0. The first-order chi connectivity index (χ1) is 9.06. The third-order valence-electron chi connectivity index (χ3n) is 2.68. The minimum absolute atomic E-state index is 0.484. The molecule has 0 saturated heterocycles. The minimum Gasteiger partial charge on any atom is -0.493 e. The lowest BCUT2D eigenvalue weighted by Gasteiger charge is -2.10. The molecule has 2 rings (SSSR count). The van der Waals surface area contributed by atoms with Crippen molar-refractivity contribution in [2.45, 2.75) is 6.92 Å². The van der Waals surface area contributed by atoms with Crippen molar-refractivity contribution in [3.63, 3.8) is 0 Å². The molecule has 0 radical (unpaired) electrons. The van der Waals surface area contributed by atoms with Crippen LogP contribution in [-0.2, 0) is 0 Å². The lowest BCUT2D eigenvalue weighted by molar-refractivity contribution is 0.355. The quantitative estimate of drug-likeness (QED) is 0.841. The fourth-order valence-electron chi connectivity index (χ4n) is 1.69. The summed E-state index contributed by atoms with van der Waals surface area (Å²) in [5.74, 6) is 2.37. The fourth-order valence-corrected chi connectivity index (χ4v) is 1.93. The molecule has 0 spiro atoms. The summed E-state index contributed by atoms with van der Waals surface area (Å²) in [7, 11) is 3.19. The Balaban J connectivity index is 2.53. The van der Waals surface area contributed by atoms with Crippen LogP contribution in [0.25, 0.3) is 11.4 Å². The second kappa shape index (κ2) is 5.60. The zero-order chi connectivity index (χ0) is 14.0. The number of aromatic nitrogens is 2. The van der Waals surface area contributed by atoms with Crippen LogP contribution in [-0.4, -0.2) is 24.2 Å². The van der Waals surface area contributed by atoms with E-state index in [0.717, 1.165) is 14.8 Å². The highest BCUT2D eigenvalue weighted by Crippen LogP contribution is 2.31. The number of nitrogens with zero attached hydrogens (tertiary/aromatic N) is 2. The predicted octanol–water partition coefficient (Wildman–Crippen LogP) is 2.66. The average Bonchev–Trinajstić information content (AvgIpc) is 2.43. The number of methoxy groups -OCH3 is 2. The summed E-state index contributed by atoms with van der Waals surface area (Å²) >= 11 is 2.14. The smallest absolute Gasteiger partial charge is 0.161 e. The van der Waals surface area contributed by atoms with Crippen molar-refractivity contribution in [3.8, 4) is 22.9 Å².